The molecule has 1 aliphatic heterocycles. The Hall–Kier alpha value is -3.37. The lowest BCUT2D eigenvalue weighted by molar-refractivity contribution is -0.120. The summed E-state index contributed by atoms with van der Waals surface area (Å²) in [5, 5.41) is 6.71. The molecule has 1 atom stereocenters. The van der Waals surface area contributed by atoms with Gasteiger partial charge in [-0.3, -0.25) is 4.79 Å². The summed E-state index contributed by atoms with van der Waals surface area (Å²) in [4.78, 5) is 12.8. The Balaban J connectivity index is 1.50. The number of ether oxygens (including phenoxy) is 1. The number of methoxy groups -OCH3 is 1. The van der Waals surface area contributed by atoms with E-state index in [1.807, 2.05) is 0 Å². The molecule has 4 rings (SSSR count). The van der Waals surface area contributed by atoms with E-state index in [4.69, 9.17) is 13.7 Å². The van der Waals surface area contributed by atoms with E-state index in [0.717, 1.165) is 0 Å². The smallest absolute Gasteiger partial charge is 0.248 e. The number of amides is 1. The van der Waals surface area contributed by atoms with Crippen molar-refractivity contribution in [3.05, 3.63) is 59.9 Å². The van der Waals surface area contributed by atoms with Gasteiger partial charge in [0.1, 0.15) is 17.2 Å². The van der Waals surface area contributed by atoms with Crippen molar-refractivity contribution in [2.75, 3.05) is 25.5 Å². The van der Waals surface area contributed by atoms with Crippen LogP contribution >= 0.6 is 0 Å². The number of aromatic nitrogens is 1. The van der Waals surface area contributed by atoms with Gasteiger partial charge >= 0.3 is 0 Å². The van der Waals surface area contributed by atoms with Crippen LogP contribution in [-0.4, -0.2) is 44.0 Å². The van der Waals surface area contributed by atoms with E-state index in [-0.39, 0.29) is 28.8 Å². The number of nitrogens with one attached hydrogen (secondary N) is 1. The molecule has 3 aromatic rings. The fourth-order valence-electron chi connectivity index (χ4n) is 3.77. The Bertz CT molecular complexity index is 1230. The molecule has 1 aliphatic rings. The molecule has 1 amide bonds. The van der Waals surface area contributed by atoms with Crippen LogP contribution < -0.4 is 10.1 Å². The van der Waals surface area contributed by atoms with Gasteiger partial charge < -0.3 is 19.0 Å². The summed E-state index contributed by atoms with van der Waals surface area (Å²) < 4.78 is 43.9. The SMILES string of the molecule is COc1ccc(NC(=O)C2CCCN(S(=O)(=O)c3c(C)noc3/C=C/c3ccco3)C2)cc1. The third kappa shape index (κ3) is 5.01. The standard InChI is InChI=1S/C23H25N3O6S/c1-16-22(21(32-25-16)12-11-20-6-4-14-31-20)33(28,29)26-13-3-5-17(15-26)23(27)24-18-7-9-19(30-2)10-8-18/h4,6-12,14,17H,3,5,13,15H2,1-2H3,(H,24,27)/b12-11+. The summed E-state index contributed by atoms with van der Waals surface area (Å²) in [6.45, 7) is 1.98. The number of piperidine rings is 1. The molecule has 1 aromatic carbocycles. The summed E-state index contributed by atoms with van der Waals surface area (Å²) in [6, 6.07) is 10.5. The van der Waals surface area contributed by atoms with E-state index < -0.39 is 15.9 Å². The third-order valence-electron chi connectivity index (χ3n) is 5.49. The van der Waals surface area contributed by atoms with Crippen molar-refractivity contribution in [2.45, 2.75) is 24.7 Å². The molecule has 1 N–H and O–H groups in total. The normalized spacial score (nSPS) is 17.3. The van der Waals surface area contributed by atoms with E-state index in [2.05, 4.69) is 10.5 Å². The molecular weight excluding hydrogens is 446 g/mol. The quantitative estimate of drug-likeness (QED) is 0.557. The van der Waals surface area contributed by atoms with Crippen molar-refractivity contribution in [1.29, 1.82) is 0 Å². The van der Waals surface area contributed by atoms with Crippen molar-refractivity contribution in [2.24, 2.45) is 5.92 Å². The van der Waals surface area contributed by atoms with E-state index >= 15 is 0 Å². The van der Waals surface area contributed by atoms with Crippen molar-refractivity contribution in [3.8, 4) is 5.75 Å². The molecule has 1 unspecified atom stereocenters. The van der Waals surface area contributed by atoms with Crippen LogP contribution in [-0.2, 0) is 14.8 Å². The number of carbonyl (C=O) groups excluding carboxylic acids is 1. The Kier molecular flexibility index (Phi) is 6.66. The number of anilines is 1. The van der Waals surface area contributed by atoms with Gasteiger partial charge in [0.05, 0.1) is 19.3 Å². The monoisotopic (exact) mass is 471 g/mol. The molecule has 2 aromatic heterocycles. The number of rotatable bonds is 7. The number of hydrogen-bond acceptors (Lipinski definition) is 7. The second kappa shape index (κ2) is 9.63. The van der Waals surface area contributed by atoms with Gasteiger partial charge in [-0.15, -0.1) is 0 Å². The highest BCUT2D eigenvalue weighted by molar-refractivity contribution is 7.89. The predicted octanol–water partition coefficient (Wildman–Crippen LogP) is 3.79. The molecule has 0 radical (unpaired) electrons. The predicted molar refractivity (Wildman–Crippen MR) is 122 cm³/mol. The first-order valence-electron chi connectivity index (χ1n) is 10.5. The average Bonchev–Trinajstić information content (AvgIpc) is 3.48. The van der Waals surface area contributed by atoms with Crippen LogP contribution in [0.25, 0.3) is 12.2 Å². The van der Waals surface area contributed by atoms with Crippen molar-refractivity contribution >= 4 is 33.8 Å². The molecule has 10 heteroatoms. The number of furan rings is 1. The van der Waals surface area contributed by atoms with Gasteiger partial charge in [0.15, 0.2) is 10.7 Å². The fraction of sp³-hybridized carbons (Fsp3) is 0.304. The molecule has 1 fully saturated rings. The van der Waals surface area contributed by atoms with Crippen LogP contribution in [0.4, 0.5) is 5.69 Å². The molecular formula is C23H25N3O6S. The minimum Gasteiger partial charge on any atom is -0.497 e. The molecule has 1 saturated heterocycles. The highest BCUT2D eigenvalue weighted by Crippen LogP contribution is 2.30. The van der Waals surface area contributed by atoms with Crippen molar-refractivity contribution in [3.63, 3.8) is 0 Å². The average molecular weight is 472 g/mol. The Morgan fingerprint density at radius 3 is 2.73 bits per heavy atom. The lowest BCUT2D eigenvalue weighted by atomic mass is 9.99. The molecule has 33 heavy (non-hydrogen) atoms. The first kappa shape index (κ1) is 22.8. The highest BCUT2D eigenvalue weighted by Gasteiger charge is 2.37. The van der Waals surface area contributed by atoms with Gasteiger partial charge in [-0.25, -0.2) is 8.42 Å². The number of sulfonamides is 1. The summed E-state index contributed by atoms with van der Waals surface area (Å²) in [5.41, 5.74) is 0.889. The maximum absolute atomic E-state index is 13.5. The molecule has 0 bridgehead atoms. The van der Waals surface area contributed by atoms with Gasteiger partial charge in [0, 0.05) is 18.8 Å². The number of carbonyl (C=O) groups is 1. The third-order valence-corrected chi connectivity index (χ3v) is 7.51. The summed E-state index contributed by atoms with van der Waals surface area (Å²) in [6.07, 6.45) is 5.82. The van der Waals surface area contributed by atoms with Crippen molar-refractivity contribution in [1.82, 2.24) is 9.46 Å². The lowest BCUT2D eigenvalue weighted by Gasteiger charge is -2.31. The maximum Gasteiger partial charge on any atom is 0.248 e. The number of benzene rings is 1. The topological polar surface area (TPSA) is 115 Å². The zero-order chi connectivity index (χ0) is 23.4. The van der Waals surface area contributed by atoms with Crippen LogP contribution in [0.3, 0.4) is 0 Å². The summed E-state index contributed by atoms with van der Waals surface area (Å²) in [5.74, 6) is 0.663. The van der Waals surface area contributed by atoms with E-state index in [1.54, 1.807) is 56.5 Å². The largest absolute Gasteiger partial charge is 0.497 e. The molecule has 3 heterocycles. The van der Waals surface area contributed by atoms with Crippen LogP contribution in [0.1, 0.15) is 30.1 Å². The second-order valence-corrected chi connectivity index (χ2v) is 9.60. The fourth-order valence-corrected chi connectivity index (χ4v) is 5.54. The molecule has 0 saturated carbocycles. The molecule has 174 valence electrons. The summed E-state index contributed by atoms with van der Waals surface area (Å²) >= 11 is 0. The van der Waals surface area contributed by atoms with E-state index in [1.165, 1.54) is 16.6 Å². The number of hydrogen-bond donors (Lipinski definition) is 1. The van der Waals surface area contributed by atoms with Crippen molar-refractivity contribution < 1.29 is 26.9 Å². The maximum atomic E-state index is 13.5. The number of aryl methyl sites for hydroxylation is 1. The Labute approximate surface area is 192 Å². The molecule has 9 nitrogen and oxygen atoms in total. The van der Waals surface area contributed by atoms with Crippen LogP contribution in [0.15, 0.2) is 56.5 Å². The zero-order valence-electron chi connectivity index (χ0n) is 18.4. The zero-order valence-corrected chi connectivity index (χ0v) is 19.2. The number of nitrogens with zero attached hydrogens (tertiary/aromatic N) is 2. The first-order valence-corrected chi connectivity index (χ1v) is 12.0. The van der Waals surface area contributed by atoms with Gasteiger partial charge in [-0.1, -0.05) is 5.16 Å². The minimum absolute atomic E-state index is 0.00141. The molecule has 0 aliphatic carbocycles. The van der Waals surface area contributed by atoms with Crippen LogP contribution in [0, 0.1) is 12.8 Å². The van der Waals surface area contributed by atoms with Gasteiger partial charge in [0.2, 0.25) is 15.9 Å². The minimum atomic E-state index is -3.92. The van der Waals surface area contributed by atoms with Crippen LogP contribution in [0.5, 0.6) is 5.75 Å². The first-order chi connectivity index (χ1) is 15.9. The molecule has 0 spiro atoms. The lowest BCUT2D eigenvalue weighted by Crippen LogP contribution is -2.43. The highest BCUT2D eigenvalue weighted by atomic mass is 32.2. The van der Waals surface area contributed by atoms with Gasteiger partial charge in [0.25, 0.3) is 0 Å². The van der Waals surface area contributed by atoms with E-state index in [0.29, 0.717) is 36.6 Å². The van der Waals surface area contributed by atoms with E-state index in [9.17, 15) is 13.2 Å². The second-order valence-electron chi connectivity index (χ2n) is 7.73. The van der Waals surface area contributed by atoms with Crippen LogP contribution in [0.2, 0.25) is 0 Å². The Morgan fingerprint density at radius 1 is 1.24 bits per heavy atom. The Morgan fingerprint density at radius 2 is 2.03 bits per heavy atom. The summed E-state index contributed by atoms with van der Waals surface area (Å²) in [7, 11) is -2.35. The van der Waals surface area contributed by atoms with Gasteiger partial charge in [-0.05, 0) is 68.3 Å². The van der Waals surface area contributed by atoms with Gasteiger partial charge in [-0.2, -0.15) is 4.31 Å².